The molecule has 4 aromatic rings. The molecule has 0 fully saturated rings. The molecule has 34 heavy (non-hydrogen) atoms. The summed E-state index contributed by atoms with van der Waals surface area (Å²) in [5.41, 5.74) is 12.6. The average molecular weight is 457 g/mol. The van der Waals surface area contributed by atoms with E-state index >= 15 is 0 Å². The quantitative estimate of drug-likeness (QED) is 0.296. The molecule has 4 rings (SSSR count). The number of nitrogens with two attached hydrogens (primary N) is 2. The van der Waals surface area contributed by atoms with Gasteiger partial charge >= 0.3 is 0 Å². The summed E-state index contributed by atoms with van der Waals surface area (Å²) in [4.78, 5) is 45.8. The molecule has 0 saturated heterocycles. The van der Waals surface area contributed by atoms with Crippen molar-refractivity contribution in [2.75, 3.05) is 22.1 Å². The minimum absolute atomic E-state index is 0.0140. The topological polar surface area (TPSA) is 195 Å². The van der Waals surface area contributed by atoms with Gasteiger partial charge < -0.3 is 16.6 Å². The number of phenols is 1. The largest absolute Gasteiger partial charge is 0.507 e. The summed E-state index contributed by atoms with van der Waals surface area (Å²) < 4.78 is 0. The molecule has 7 N–H and O–H groups in total. The molecule has 0 aliphatic carbocycles. The second-order valence-electron chi connectivity index (χ2n) is 7.06. The number of pyridine rings is 2. The maximum Gasteiger partial charge on any atom is 0.261 e. The monoisotopic (exact) mass is 457 g/mol. The van der Waals surface area contributed by atoms with E-state index < -0.39 is 11.8 Å². The van der Waals surface area contributed by atoms with Crippen LogP contribution in [-0.2, 0) is 0 Å². The van der Waals surface area contributed by atoms with Crippen molar-refractivity contribution in [2.45, 2.75) is 6.92 Å². The van der Waals surface area contributed by atoms with Gasteiger partial charge in [-0.25, -0.2) is 9.97 Å². The van der Waals surface area contributed by atoms with Crippen LogP contribution in [0.25, 0.3) is 11.4 Å². The van der Waals surface area contributed by atoms with Crippen LogP contribution in [0, 0.1) is 6.92 Å². The Balaban J connectivity index is 1.74. The third kappa shape index (κ3) is 4.55. The summed E-state index contributed by atoms with van der Waals surface area (Å²) in [6.45, 7) is 1.71. The summed E-state index contributed by atoms with van der Waals surface area (Å²) >= 11 is 0. The van der Waals surface area contributed by atoms with Gasteiger partial charge in [0, 0.05) is 12.4 Å². The van der Waals surface area contributed by atoms with Gasteiger partial charge in [0.2, 0.25) is 11.9 Å². The van der Waals surface area contributed by atoms with Crippen LogP contribution in [0.2, 0.25) is 0 Å². The minimum Gasteiger partial charge on any atom is -0.507 e. The van der Waals surface area contributed by atoms with Crippen molar-refractivity contribution in [2.24, 2.45) is 0 Å². The van der Waals surface area contributed by atoms with Crippen LogP contribution < -0.4 is 22.1 Å². The van der Waals surface area contributed by atoms with Crippen molar-refractivity contribution in [3.63, 3.8) is 0 Å². The van der Waals surface area contributed by atoms with Crippen LogP contribution in [0.5, 0.6) is 5.75 Å². The van der Waals surface area contributed by atoms with Gasteiger partial charge in [-0.2, -0.15) is 15.0 Å². The summed E-state index contributed by atoms with van der Waals surface area (Å²) in [5, 5.41) is 15.5. The number of benzene rings is 1. The molecule has 12 nitrogen and oxygen atoms in total. The molecule has 0 bridgehead atoms. The molecular formula is C22H19N9O3. The van der Waals surface area contributed by atoms with Gasteiger partial charge in [0.15, 0.2) is 5.82 Å². The Bertz CT molecular complexity index is 1330. The van der Waals surface area contributed by atoms with Gasteiger partial charge in [0.25, 0.3) is 11.8 Å². The number of hydrogen-bond donors (Lipinski definition) is 5. The van der Waals surface area contributed by atoms with E-state index in [1.54, 1.807) is 37.3 Å². The van der Waals surface area contributed by atoms with E-state index in [1.807, 2.05) is 0 Å². The zero-order valence-electron chi connectivity index (χ0n) is 17.9. The normalized spacial score (nSPS) is 10.5. The maximum atomic E-state index is 12.7. The maximum absolute atomic E-state index is 12.7. The second kappa shape index (κ2) is 9.16. The molecule has 12 heteroatoms. The Morgan fingerprint density at radius 2 is 1.32 bits per heavy atom. The Morgan fingerprint density at radius 3 is 1.82 bits per heavy atom. The summed E-state index contributed by atoms with van der Waals surface area (Å²) in [6, 6.07) is 11.1. The number of nitrogens with zero attached hydrogens (tertiary/aromatic N) is 5. The number of rotatable bonds is 5. The zero-order valence-corrected chi connectivity index (χ0v) is 17.9. The number of para-hydroxylation sites is 1. The first-order chi connectivity index (χ1) is 16.3. The van der Waals surface area contributed by atoms with Crippen LogP contribution in [0.4, 0.5) is 23.5 Å². The lowest BCUT2D eigenvalue weighted by atomic mass is 10.1. The van der Waals surface area contributed by atoms with Gasteiger partial charge in [-0.05, 0) is 42.8 Å². The second-order valence-corrected chi connectivity index (χ2v) is 7.06. The molecule has 1 aromatic carbocycles. The molecule has 0 aliphatic heterocycles. The van der Waals surface area contributed by atoms with Crippen molar-refractivity contribution in [3.8, 4) is 17.1 Å². The average Bonchev–Trinajstić information content (AvgIpc) is 2.81. The summed E-state index contributed by atoms with van der Waals surface area (Å²) in [5.74, 6) is -1.62. The Kier molecular flexibility index (Phi) is 5.95. The predicted octanol–water partition coefficient (Wildman–Crippen LogP) is 2.01. The van der Waals surface area contributed by atoms with E-state index in [0.717, 1.165) is 0 Å². The predicted molar refractivity (Wildman–Crippen MR) is 125 cm³/mol. The number of phenolic OH excluding ortho intramolecular Hbond substituents is 1. The highest BCUT2D eigenvalue weighted by molar-refractivity contribution is 6.07. The van der Waals surface area contributed by atoms with E-state index in [9.17, 15) is 14.7 Å². The number of carbonyl (C=O) groups excluding carboxylic acids is 2. The Hall–Kier alpha value is -5.13. The number of aromatic nitrogens is 5. The summed E-state index contributed by atoms with van der Waals surface area (Å²) in [7, 11) is 0. The van der Waals surface area contributed by atoms with E-state index in [2.05, 4.69) is 35.6 Å². The lowest BCUT2D eigenvalue weighted by Crippen LogP contribution is -2.20. The Labute approximate surface area is 193 Å². The van der Waals surface area contributed by atoms with Crippen molar-refractivity contribution >= 4 is 35.3 Å². The molecule has 3 aromatic heterocycles. The number of aromatic hydroxyl groups is 1. The molecule has 0 atom stereocenters. The molecule has 170 valence electrons. The van der Waals surface area contributed by atoms with Crippen LogP contribution >= 0.6 is 0 Å². The van der Waals surface area contributed by atoms with Crippen LogP contribution in [0.3, 0.4) is 0 Å². The first-order valence-corrected chi connectivity index (χ1v) is 9.92. The van der Waals surface area contributed by atoms with E-state index in [4.69, 9.17) is 11.5 Å². The number of hydrogen-bond acceptors (Lipinski definition) is 10. The Morgan fingerprint density at radius 1 is 0.794 bits per heavy atom. The van der Waals surface area contributed by atoms with Crippen molar-refractivity contribution < 1.29 is 14.7 Å². The number of aryl methyl sites for hydroxylation is 1. The summed E-state index contributed by atoms with van der Waals surface area (Å²) in [6.07, 6.45) is 2.90. The van der Waals surface area contributed by atoms with Crippen molar-refractivity contribution in [1.82, 2.24) is 24.9 Å². The molecule has 0 unspecified atom stereocenters. The van der Waals surface area contributed by atoms with Gasteiger partial charge in [0.1, 0.15) is 17.4 Å². The van der Waals surface area contributed by atoms with Crippen LogP contribution in [-0.4, -0.2) is 41.8 Å². The third-order valence-electron chi connectivity index (χ3n) is 4.73. The SMILES string of the molecule is Cc1cccc(-c2nc(NC(=O)c3cccnc3N)nc(NC(=O)c3cccnc3N)n2)c1O. The molecule has 0 radical (unpaired) electrons. The fraction of sp³-hybridized carbons (Fsp3) is 0.0455. The van der Waals surface area contributed by atoms with E-state index in [0.29, 0.717) is 5.56 Å². The van der Waals surface area contributed by atoms with Gasteiger partial charge in [0.05, 0.1) is 16.7 Å². The lowest BCUT2D eigenvalue weighted by molar-refractivity contribution is 0.101. The van der Waals surface area contributed by atoms with Crippen molar-refractivity contribution in [1.29, 1.82) is 0 Å². The highest BCUT2D eigenvalue weighted by Gasteiger charge is 2.19. The lowest BCUT2D eigenvalue weighted by Gasteiger charge is -2.11. The van der Waals surface area contributed by atoms with E-state index in [1.165, 1.54) is 24.5 Å². The molecule has 0 aliphatic rings. The molecule has 0 spiro atoms. The smallest absolute Gasteiger partial charge is 0.261 e. The fourth-order valence-electron chi connectivity index (χ4n) is 3.00. The molecule has 2 amide bonds. The molecule has 0 saturated carbocycles. The standard InChI is InChI=1S/C22H19N9O3/c1-11-5-2-6-12(15(11)32)18-27-21(29-19(33)13-7-3-9-25-16(13)23)31-22(28-18)30-20(34)14-8-4-10-26-17(14)24/h2-10,32H,1H3,(H2,23,25)(H2,24,26)(H2,27,28,29,30,31,33,34). The zero-order chi connectivity index (χ0) is 24.2. The highest BCUT2D eigenvalue weighted by Crippen LogP contribution is 2.30. The van der Waals surface area contributed by atoms with Crippen LogP contribution in [0.1, 0.15) is 26.3 Å². The first-order valence-electron chi connectivity index (χ1n) is 9.92. The number of nitrogens with one attached hydrogen (secondary N) is 2. The van der Waals surface area contributed by atoms with Gasteiger partial charge in [-0.1, -0.05) is 12.1 Å². The molecule has 3 heterocycles. The minimum atomic E-state index is -0.620. The van der Waals surface area contributed by atoms with Crippen LogP contribution in [0.15, 0.2) is 54.9 Å². The molecular weight excluding hydrogens is 438 g/mol. The number of anilines is 4. The number of carbonyl (C=O) groups is 2. The number of amides is 2. The van der Waals surface area contributed by atoms with Gasteiger partial charge in [-0.15, -0.1) is 0 Å². The van der Waals surface area contributed by atoms with Crippen molar-refractivity contribution in [3.05, 3.63) is 71.5 Å². The van der Waals surface area contributed by atoms with Gasteiger partial charge in [-0.3, -0.25) is 20.2 Å². The highest BCUT2D eigenvalue weighted by atomic mass is 16.3. The first kappa shape index (κ1) is 22.1. The third-order valence-corrected chi connectivity index (χ3v) is 4.73. The van der Waals surface area contributed by atoms with E-state index in [-0.39, 0.29) is 51.8 Å². The fourth-order valence-corrected chi connectivity index (χ4v) is 3.00. The number of nitrogen functional groups attached to an aromatic ring is 2.